The summed E-state index contributed by atoms with van der Waals surface area (Å²) in [7, 11) is 3.40. The quantitative estimate of drug-likeness (QED) is 0.754. The molecule has 0 spiro atoms. The van der Waals surface area contributed by atoms with Crippen molar-refractivity contribution in [3.8, 4) is 0 Å². The monoisotopic (exact) mass is 253 g/mol. The third-order valence-corrected chi connectivity index (χ3v) is 2.73. The highest BCUT2D eigenvalue weighted by molar-refractivity contribution is 5.44. The van der Waals surface area contributed by atoms with E-state index >= 15 is 0 Å². The molecule has 1 aromatic rings. The summed E-state index contributed by atoms with van der Waals surface area (Å²) in [5, 5.41) is 0. The highest BCUT2D eigenvalue weighted by atomic mass is 16.5. The topological polar surface area (TPSA) is 60.6 Å². The lowest BCUT2D eigenvalue weighted by Crippen LogP contribution is -2.30. The Bertz CT molecular complexity index is 320. The van der Waals surface area contributed by atoms with Gasteiger partial charge in [0.1, 0.15) is 0 Å². The molecule has 2 N–H and O–H groups in total. The van der Waals surface area contributed by atoms with Gasteiger partial charge in [-0.1, -0.05) is 0 Å². The third kappa shape index (κ3) is 4.60. The van der Waals surface area contributed by atoms with Crippen molar-refractivity contribution in [2.45, 2.75) is 13.0 Å². The first-order valence-electron chi connectivity index (χ1n) is 6.13. The van der Waals surface area contributed by atoms with Crippen LogP contribution in [0.25, 0.3) is 0 Å². The number of hydrogen-bond acceptors (Lipinski definition) is 5. The van der Waals surface area contributed by atoms with Crippen molar-refractivity contribution in [3.63, 3.8) is 0 Å². The average Bonchev–Trinajstić information content (AvgIpc) is 2.39. The average molecular weight is 253 g/mol. The minimum atomic E-state index is -0.0366. The van der Waals surface area contributed by atoms with Gasteiger partial charge in [-0.25, -0.2) is 0 Å². The summed E-state index contributed by atoms with van der Waals surface area (Å²) in [5.74, 6) is 0. The molecule has 0 fully saturated rings. The van der Waals surface area contributed by atoms with Gasteiger partial charge >= 0.3 is 0 Å². The molecule has 1 atom stereocenters. The van der Waals surface area contributed by atoms with Crippen LogP contribution in [0, 0.1) is 0 Å². The molecule has 5 nitrogen and oxygen atoms in total. The number of nitrogens with zero attached hydrogens (tertiary/aromatic N) is 2. The predicted octanol–water partition coefficient (Wildman–Crippen LogP) is 1.20. The van der Waals surface area contributed by atoms with Gasteiger partial charge in [0.15, 0.2) is 0 Å². The fraction of sp³-hybridized carbons (Fsp3) is 0.615. The Hall–Kier alpha value is -1.17. The lowest BCUT2D eigenvalue weighted by molar-refractivity contribution is 0.190. The van der Waals surface area contributed by atoms with Crippen LogP contribution in [0.1, 0.15) is 18.7 Å². The molecule has 0 aromatic carbocycles. The van der Waals surface area contributed by atoms with Crippen LogP contribution in [-0.2, 0) is 9.47 Å². The van der Waals surface area contributed by atoms with E-state index in [1.54, 1.807) is 14.2 Å². The van der Waals surface area contributed by atoms with Crippen molar-refractivity contribution >= 4 is 5.69 Å². The van der Waals surface area contributed by atoms with Crippen molar-refractivity contribution < 1.29 is 9.47 Å². The van der Waals surface area contributed by atoms with Crippen LogP contribution in [0.15, 0.2) is 18.3 Å². The zero-order valence-electron chi connectivity index (χ0n) is 11.4. The number of ether oxygens (including phenoxy) is 2. The second-order valence-corrected chi connectivity index (χ2v) is 4.20. The zero-order valence-corrected chi connectivity index (χ0v) is 11.4. The second kappa shape index (κ2) is 8.02. The van der Waals surface area contributed by atoms with E-state index in [-0.39, 0.29) is 6.04 Å². The molecule has 5 heteroatoms. The molecule has 0 saturated heterocycles. The molecule has 0 saturated carbocycles. The highest BCUT2D eigenvalue weighted by Crippen LogP contribution is 2.15. The fourth-order valence-electron chi connectivity index (χ4n) is 1.63. The molecule has 1 rings (SSSR count). The molecule has 1 unspecified atom stereocenters. The molecule has 18 heavy (non-hydrogen) atoms. The van der Waals surface area contributed by atoms with Gasteiger partial charge in [0.25, 0.3) is 0 Å². The van der Waals surface area contributed by atoms with Gasteiger partial charge in [-0.15, -0.1) is 0 Å². The Labute approximate surface area is 109 Å². The van der Waals surface area contributed by atoms with Gasteiger partial charge in [0, 0.05) is 33.4 Å². The summed E-state index contributed by atoms with van der Waals surface area (Å²) in [4.78, 5) is 6.55. The minimum Gasteiger partial charge on any atom is -0.383 e. The summed E-state index contributed by atoms with van der Waals surface area (Å²) in [6.45, 7) is 4.92. The molecule has 1 heterocycles. The van der Waals surface area contributed by atoms with E-state index in [9.17, 15) is 0 Å². The van der Waals surface area contributed by atoms with Crippen LogP contribution in [0.5, 0.6) is 0 Å². The zero-order chi connectivity index (χ0) is 13.4. The van der Waals surface area contributed by atoms with Crippen LogP contribution >= 0.6 is 0 Å². The van der Waals surface area contributed by atoms with E-state index in [4.69, 9.17) is 15.2 Å². The molecule has 102 valence electrons. The highest BCUT2D eigenvalue weighted by Gasteiger charge is 2.07. The molecular formula is C13H23N3O2. The van der Waals surface area contributed by atoms with Crippen LogP contribution in [-0.4, -0.2) is 45.5 Å². The van der Waals surface area contributed by atoms with Crippen LogP contribution in [0.3, 0.4) is 0 Å². The maximum absolute atomic E-state index is 5.78. The van der Waals surface area contributed by atoms with E-state index in [0.29, 0.717) is 13.2 Å². The maximum Gasteiger partial charge on any atom is 0.0637 e. The number of pyridine rings is 1. The van der Waals surface area contributed by atoms with Crippen LogP contribution in [0.2, 0.25) is 0 Å². The third-order valence-electron chi connectivity index (χ3n) is 2.73. The summed E-state index contributed by atoms with van der Waals surface area (Å²) in [5.41, 5.74) is 7.75. The Morgan fingerprint density at radius 2 is 1.83 bits per heavy atom. The Morgan fingerprint density at radius 3 is 2.22 bits per heavy atom. The van der Waals surface area contributed by atoms with E-state index < -0.39 is 0 Å². The van der Waals surface area contributed by atoms with Gasteiger partial charge < -0.3 is 20.1 Å². The lowest BCUT2D eigenvalue weighted by Gasteiger charge is -2.24. The second-order valence-electron chi connectivity index (χ2n) is 4.20. The molecule has 0 aliphatic rings. The van der Waals surface area contributed by atoms with E-state index in [1.165, 1.54) is 0 Å². The van der Waals surface area contributed by atoms with Gasteiger partial charge in [0.2, 0.25) is 0 Å². The molecule has 0 radical (unpaired) electrons. The Balaban J connectivity index is 2.70. The fourth-order valence-corrected chi connectivity index (χ4v) is 1.63. The summed E-state index contributed by atoms with van der Waals surface area (Å²) >= 11 is 0. The summed E-state index contributed by atoms with van der Waals surface area (Å²) in [6.07, 6.45) is 1.85. The number of anilines is 1. The normalized spacial score (nSPS) is 12.4. The van der Waals surface area contributed by atoms with E-state index in [1.807, 2.05) is 25.3 Å². The SMILES string of the molecule is COCCN(CCOC)c1ccc(C(C)N)nc1. The van der Waals surface area contributed by atoms with Crippen molar-refractivity contribution in [1.29, 1.82) is 0 Å². The van der Waals surface area contributed by atoms with Crippen LogP contribution in [0.4, 0.5) is 5.69 Å². The molecular weight excluding hydrogens is 230 g/mol. The number of nitrogens with two attached hydrogens (primary N) is 1. The molecule has 0 amide bonds. The summed E-state index contributed by atoms with van der Waals surface area (Å²) in [6, 6.07) is 3.97. The molecule has 0 aliphatic heterocycles. The van der Waals surface area contributed by atoms with Gasteiger partial charge in [-0.3, -0.25) is 4.98 Å². The Kier molecular flexibility index (Phi) is 6.64. The first kappa shape index (κ1) is 14.9. The van der Waals surface area contributed by atoms with Crippen molar-refractivity contribution in [3.05, 3.63) is 24.0 Å². The van der Waals surface area contributed by atoms with Gasteiger partial charge in [0.05, 0.1) is 30.8 Å². The number of aromatic nitrogens is 1. The van der Waals surface area contributed by atoms with Crippen molar-refractivity contribution in [1.82, 2.24) is 4.98 Å². The van der Waals surface area contributed by atoms with Crippen molar-refractivity contribution in [2.24, 2.45) is 5.73 Å². The maximum atomic E-state index is 5.78. The lowest BCUT2D eigenvalue weighted by atomic mass is 10.2. The van der Waals surface area contributed by atoms with Gasteiger partial charge in [-0.2, -0.15) is 0 Å². The number of rotatable bonds is 8. The molecule has 0 bridgehead atoms. The first-order chi connectivity index (χ1) is 8.69. The molecule has 1 aromatic heterocycles. The first-order valence-corrected chi connectivity index (χ1v) is 6.13. The number of hydrogen-bond donors (Lipinski definition) is 1. The van der Waals surface area contributed by atoms with E-state index in [0.717, 1.165) is 24.5 Å². The standard InChI is InChI=1S/C13H23N3O2/c1-11(14)13-5-4-12(10-15-13)16(6-8-17-2)7-9-18-3/h4-5,10-11H,6-9,14H2,1-3H3. The van der Waals surface area contributed by atoms with Gasteiger partial charge in [-0.05, 0) is 19.1 Å². The molecule has 0 aliphatic carbocycles. The largest absolute Gasteiger partial charge is 0.383 e. The van der Waals surface area contributed by atoms with Crippen LogP contribution < -0.4 is 10.6 Å². The minimum absolute atomic E-state index is 0.0366. The Morgan fingerprint density at radius 1 is 1.22 bits per heavy atom. The predicted molar refractivity (Wildman–Crippen MR) is 72.8 cm³/mol. The van der Waals surface area contributed by atoms with Crippen molar-refractivity contribution in [2.75, 3.05) is 45.4 Å². The smallest absolute Gasteiger partial charge is 0.0637 e. The summed E-state index contributed by atoms with van der Waals surface area (Å²) < 4.78 is 10.2. The number of methoxy groups -OCH3 is 2. The van der Waals surface area contributed by atoms with E-state index in [2.05, 4.69) is 9.88 Å².